The van der Waals surface area contributed by atoms with Crippen LogP contribution in [0.3, 0.4) is 0 Å². The van der Waals surface area contributed by atoms with Crippen LogP contribution in [-0.4, -0.2) is 24.3 Å². The summed E-state index contributed by atoms with van der Waals surface area (Å²) in [6, 6.07) is 8.39. The van der Waals surface area contributed by atoms with E-state index in [0.717, 1.165) is 17.1 Å². The Balaban J connectivity index is 2.00. The zero-order valence-electron chi connectivity index (χ0n) is 8.62. The molecule has 0 radical (unpaired) electrons. The lowest BCUT2D eigenvalue weighted by molar-refractivity contribution is 0.261. The van der Waals surface area contributed by atoms with Gasteiger partial charge in [0.05, 0.1) is 6.61 Å². The van der Waals surface area contributed by atoms with Crippen LogP contribution in [0.4, 0.5) is 0 Å². The summed E-state index contributed by atoms with van der Waals surface area (Å²) in [5, 5.41) is 13.5. The lowest BCUT2D eigenvalue weighted by Crippen LogP contribution is -2.25. The minimum atomic E-state index is 0.110. The van der Waals surface area contributed by atoms with Gasteiger partial charge in [-0.2, -0.15) is 0 Å². The number of hydrogen-bond donors (Lipinski definition) is 2. The van der Waals surface area contributed by atoms with Crippen molar-refractivity contribution in [2.45, 2.75) is 24.8 Å². The number of nitrogens with one attached hydrogen (secondary N) is 1. The Morgan fingerprint density at radius 1 is 1.40 bits per heavy atom. The van der Waals surface area contributed by atoms with E-state index in [1.54, 1.807) is 0 Å². The number of hydrogen-bond acceptors (Lipinski definition) is 2. The number of aliphatic hydroxyl groups excluding tert-OH is 1. The molecule has 0 bridgehead atoms. The highest BCUT2D eigenvalue weighted by Gasteiger charge is 2.22. The Hall–Kier alpha value is -0.570. The predicted molar refractivity (Wildman–Crippen MR) is 62.3 cm³/mol. The molecule has 0 aliphatic heterocycles. The minimum Gasteiger partial charge on any atom is -0.396 e. The third kappa shape index (κ3) is 2.94. The van der Waals surface area contributed by atoms with E-state index >= 15 is 0 Å². The average molecular weight is 226 g/mol. The normalized spacial score (nSPS) is 17.7. The Kier molecular flexibility index (Phi) is 3.62. The minimum absolute atomic E-state index is 0.110. The molecule has 1 fully saturated rings. The van der Waals surface area contributed by atoms with Gasteiger partial charge in [-0.15, -0.1) is 0 Å². The maximum Gasteiger partial charge on any atom is 0.0512 e. The van der Waals surface area contributed by atoms with Crippen molar-refractivity contribution >= 4 is 11.6 Å². The van der Waals surface area contributed by atoms with Crippen molar-refractivity contribution in [1.82, 2.24) is 5.32 Å². The summed E-state index contributed by atoms with van der Waals surface area (Å²) in [7, 11) is 0. The second kappa shape index (κ2) is 4.97. The highest BCUT2D eigenvalue weighted by molar-refractivity contribution is 6.31. The fourth-order valence-corrected chi connectivity index (χ4v) is 1.97. The van der Waals surface area contributed by atoms with E-state index in [4.69, 9.17) is 11.6 Å². The summed E-state index contributed by atoms with van der Waals surface area (Å²) in [6.45, 7) is 0.953. The lowest BCUT2D eigenvalue weighted by Gasteiger charge is -2.16. The van der Waals surface area contributed by atoms with Gasteiger partial charge in [-0.1, -0.05) is 29.8 Å². The topological polar surface area (TPSA) is 32.3 Å². The molecular weight excluding hydrogens is 210 g/mol. The van der Waals surface area contributed by atoms with E-state index in [-0.39, 0.29) is 12.5 Å². The molecule has 1 aliphatic rings. The van der Waals surface area contributed by atoms with Crippen LogP contribution in [0, 0.1) is 0 Å². The van der Waals surface area contributed by atoms with Crippen LogP contribution in [0.15, 0.2) is 24.3 Å². The fraction of sp³-hybridized carbons (Fsp3) is 0.500. The first-order chi connectivity index (χ1) is 7.31. The zero-order valence-corrected chi connectivity index (χ0v) is 9.37. The monoisotopic (exact) mass is 225 g/mol. The molecule has 15 heavy (non-hydrogen) atoms. The van der Waals surface area contributed by atoms with Crippen LogP contribution >= 0.6 is 11.6 Å². The number of aliphatic hydroxyl groups is 1. The van der Waals surface area contributed by atoms with Crippen molar-refractivity contribution in [3.8, 4) is 0 Å². The summed E-state index contributed by atoms with van der Waals surface area (Å²) in [4.78, 5) is 0. The van der Waals surface area contributed by atoms with Crippen molar-refractivity contribution in [2.24, 2.45) is 0 Å². The molecule has 0 heterocycles. The van der Waals surface area contributed by atoms with Gasteiger partial charge in [0.2, 0.25) is 0 Å². The zero-order chi connectivity index (χ0) is 10.7. The Morgan fingerprint density at radius 2 is 2.13 bits per heavy atom. The summed E-state index contributed by atoms with van der Waals surface area (Å²) in [6.07, 6.45) is 2.53. The van der Waals surface area contributed by atoms with Crippen LogP contribution in [0.1, 0.15) is 24.3 Å². The molecule has 1 saturated carbocycles. The van der Waals surface area contributed by atoms with Crippen molar-refractivity contribution in [2.75, 3.05) is 13.2 Å². The van der Waals surface area contributed by atoms with Crippen LogP contribution in [0.25, 0.3) is 0 Å². The van der Waals surface area contributed by atoms with Gasteiger partial charge in [0.25, 0.3) is 0 Å². The summed E-state index contributed by atoms with van der Waals surface area (Å²) >= 11 is 6.09. The van der Waals surface area contributed by atoms with Gasteiger partial charge in [-0.05, 0) is 24.5 Å². The smallest absolute Gasteiger partial charge is 0.0512 e. The Morgan fingerprint density at radius 3 is 2.73 bits per heavy atom. The second-order valence-corrected chi connectivity index (χ2v) is 4.49. The summed E-state index contributed by atoms with van der Waals surface area (Å²) in [5.74, 6) is 0.110. The van der Waals surface area contributed by atoms with Gasteiger partial charge in [0.15, 0.2) is 0 Å². The average Bonchev–Trinajstić information content (AvgIpc) is 3.05. The largest absolute Gasteiger partial charge is 0.396 e. The highest BCUT2D eigenvalue weighted by Crippen LogP contribution is 2.25. The second-order valence-electron chi connectivity index (χ2n) is 4.08. The maximum absolute atomic E-state index is 9.34. The third-order valence-corrected chi connectivity index (χ3v) is 3.14. The molecule has 0 spiro atoms. The molecule has 2 nitrogen and oxygen atoms in total. The Bertz CT molecular complexity index is 325. The molecule has 1 aliphatic carbocycles. The van der Waals surface area contributed by atoms with E-state index in [0.29, 0.717) is 6.04 Å². The first-order valence-electron chi connectivity index (χ1n) is 5.40. The summed E-state index contributed by atoms with van der Waals surface area (Å²) in [5.41, 5.74) is 1.04. The first kappa shape index (κ1) is 10.9. The molecule has 3 heteroatoms. The molecule has 1 unspecified atom stereocenters. The molecule has 2 N–H and O–H groups in total. The van der Waals surface area contributed by atoms with Gasteiger partial charge in [0, 0.05) is 23.5 Å². The molecule has 82 valence electrons. The van der Waals surface area contributed by atoms with Crippen LogP contribution < -0.4 is 5.32 Å². The van der Waals surface area contributed by atoms with Gasteiger partial charge in [0.1, 0.15) is 0 Å². The van der Waals surface area contributed by atoms with Crippen molar-refractivity contribution < 1.29 is 5.11 Å². The van der Waals surface area contributed by atoms with Gasteiger partial charge >= 0.3 is 0 Å². The number of rotatable bonds is 5. The Labute approximate surface area is 95.3 Å². The van der Waals surface area contributed by atoms with Crippen LogP contribution in [0.2, 0.25) is 5.02 Å². The van der Waals surface area contributed by atoms with Gasteiger partial charge < -0.3 is 10.4 Å². The molecule has 0 aromatic heterocycles. The van der Waals surface area contributed by atoms with Crippen molar-refractivity contribution in [3.05, 3.63) is 34.9 Å². The number of benzene rings is 1. The maximum atomic E-state index is 9.34. The molecule has 0 amide bonds. The molecule has 1 aromatic carbocycles. The standard InChI is InChI=1S/C12H16ClNO/c13-12-4-2-1-3-11(12)9(8-15)7-14-10-5-6-10/h1-4,9-10,14-15H,5-8H2. The summed E-state index contributed by atoms with van der Waals surface area (Å²) < 4.78 is 0. The van der Waals surface area contributed by atoms with E-state index in [9.17, 15) is 5.11 Å². The fourth-order valence-electron chi connectivity index (χ4n) is 1.68. The van der Waals surface area contributed by atoms with Crippen molar-refractivity contribution in [3.63, 3.8) is 0 Å². The van der Waals surface area contributed by atoms with Gasteiger partial charge in [-0.3, -0.25) is 0 Å². The number of halogens is 1. The molecular formula is C12H16ClNO. The quantitative estimate of drug-likeness (QED) is 0.805. The molecule has 2 rings (SSSR count). The van der Waals surface area contributed by atoms with E-state index in [1.165, 1.54) is 12.8 Å². The molecule has 0 saturated heterocycles. The SMILES string of the molecule is OCC(CNC1CC1)c1ccccc1Cl. The lowest BCUT2D eigenvalue weighted by atomic mass is 10.00. The van der Waals surface area contributed by atoms with E-state index in [2.05, 4.69) is 5.32 Å². The third-order valence-electron chi connectivity index (χ3n) is 2.80. The first-order valence-corrected chi connectivity index (χ1v) is 5.77. The van der Waals surface area contributed by atoms with Crippen LogP contribution in [0.5, 0.6) is 0 Å². The van der Waals surface area contributed by atoms with E-state index in [1.807, 2.05) is 24.3 Å². The molecule has 1 aromatic rings. The van der Waals surface area contributed by atoms with Gasteiger partial charge in [-0.25, -0.2) is 0 Å². The molecule has 1 atom stereocenters. The van der Waals surface area contributed by atoms with E-state index < -0.39 is 0 Å². The highest BCUT2D eigenvalue weighted by atomic mass is 35.5. The van der Waals surface area contributed by atoms with Crippen molar-refractivity contribution in [1.29, 1.82) is 0 Å². The predicted octanol–water partition coefficient (Wildman–Crippen LogP) is 2.17. The van der Waals surface area contributed by atoms with Crippen LogP contribution in [-0.2, 0) is 0 Å².